The highest BCUT2D eigenvalue weighted by atomic mass is 16.4. The summed E-state index contributed by atoms with van der Waals surface area (Å²) in [6.45, 7) is 2.08. The number of aromatic amines is 2. The number of aryl methyl sites for hydroxylation is 1. The summed E-state index contributed by atoms with van der Waals surface area (Å²) in [7, 11) is 0. The number of nitrogens with one attached hydrogen (secondary N) is 2. The molecule has 194 valence electrons. The van der Waals surface area contributed by atoms with E-state index in [1.54, 1.807) is 6.20 Å². The first-order chi connectivity index (χ1) is 18.4. The van der Waals surface area contributed by atoms with E-state index in [4.69, 9.17) is 4.42 Å². The topological polar surface area (TPSA) is 140 Å². The Morgan fingerprint density at radius 3 is 2.55 bits per heavy atom. The van der Waals surface area contributed by atoms with Crippen molar-refractivity contribution in [1.29, 1.82) is 0 Å². The number of hydrogen-bond donors (Lipinski definition) is 5. The van der Waals surface area contributed by atoms with E-state index in [9.17, 15) is 24.9 Å². The monoisotopic (exact) mass is 512 g/mol. The Morgan fingerprint density at radius 2 is 1.82 bits per heavy atom. The standard InChI is InChI=1S/C30H28N2O6/c1-15(14-33)9-10-16-5-4-7-18-20(13-31-24(16)18)26(34)29-27(35)23(28(38-29)30(36)37)22-19-6-2-3-8-21(19)32-25(22)17-11-12-17/h2-8,13,15,17,31-33,35H,9-12,14H2,1H3,(H,36,37). The molecule has 0 bridgehead atoms. The van der Waals surface area contributed by atoms with Crippen LogP contribution in [-0.4, -0.2) is 43.6 Å². The van der Waals surface area contributed by atoms with Gasteiger partial charge in [-0.25, -0.2) is 4.79 Å². The highest BCUT2D eigenvalue weighted by Crippen LogP contribution is 2.51. The van der Waals surface area contributed by atoms with Crippen molar-refractivity contribution in [2.24, 2.45) is 5.92 Å². The summed E-state index contributed by atoms with van der Waals surface area (Å²) in [5.74, 6) is -2.91. The summed E-state index contributed by atoms with van der Waals surface area (Å²) in [6, 6.07) is 13.1. The molecule has 0 saturated heterocycles. The SMILES string of the molecule is CC(CO)CCc1cccc2c(C(=O)c3oc(C(=O)O)c(-c4c(C5CC5)[nH]c5ccccc45)c3O)c[nH]c12. The maximum absolute atomic E-state index is 13.7. The number of fused-ring (bicyclic) bond motifs is 2. The fourth-order valence-electron chi connectivity index (χ4n) is 5.30. The molecule has 0 spiro atoms. The number of rotatable bonds is 9. The first kappa shape index (κ1) is 24.1. The van der Waals surface area contributed by atoms with Gasteiger partial charge in [-0.15, -0.1) is 0 Å². The number of carboxylic acids is 1. The van der Waals surface area contributed by atoms with Crippen molar-refractivity contribution in [2.45, 2.75) is 38.5 Å². The van der Waals surface area contributed by atoms with Crippen LogP contribution >= 0.6 is 0 Å². The van der Waals surface area contributed by atoms with Crippen LogP contribution < -0.4 is 0 Å². The molecular weight excluding hydrogens is 484 g/mol. The fraction of sp³-hybridized carbons (Fsp3) is 0.267. The summed E-state index contributed by atoms with van der Waals surface area (Å²) in [6.07, 6.45) is 4.99. The van der Waals surface area contributed by atoms with Crippen molar-refractivity contribution in [3.05, 3.63) is 77.0 Å². The summed E-state index contributed by atoms with van der Waals surface area (Å²) >= 11 is 0. The lowest BCUT2D eigenvalue weighted by atomic mass is 9.97. The lowest BCUT2D eigenvalue weighted by Gasteiger charge is -2.08. The summed E-state index contributed by atoms with van der Waals surface area (Å²) in [5.41, 5.74) is 4.35. The molecule has 8 nitrogen and oxygen atoms in total. The molecule has 5 aromatic rings. The zero-order valence-corrected chi connectivity index (χ0v) is 20.9. The van der Waals surface area contributed by atoms with Crippen LogP contribution in [0.3, 0.4) is 0 Å². The fourth-order valence-corrected chi connectivity index (χ4v) is 5.30. The summed E-state index contributed by atoms with van der Waals surface area (Å²) in [5, 5.41) is 32.2. The number of carbonyl (C=O) groups excluding carboxylic acids is 1. The molecular formula is C30H28N2O6. The van der Waals surface area contributed by atoms with Gasteiger partial charge in [0.2, 0.25) is 17.3 Å². The minimum absolute atomic E-state index is 0.0266. The Morgan fingerprint density at radius 1 is 1.05 bits per heavy atom. The first-order valence-corrected chi connectivity index (χ1v) is 12.8. The van der Waals surface area contributed by atoms with Crippen LogP contribution in [0, 0.1) is 5.92 Å². The van der Waals surface area contributed by atoms with E-state index in [2.05, 4.69) is 9.97 Å². The van der Waals surface area contributed by atoms with Crippen molar-refractivity contribution >= 4 is 33.6 Å². The Hall–Kier alpha value is -4.30. The van der Waals surface area contributed by atoms with Gasteiger partial charge < -0.3 is 29.7 Å². The second-order valence-corrected chi connectivity index (χ2v) is 10.2. The van der Waals surface area contributed by atoms with Gasteiger partial charge in [0.1, 0.15) is 0 Å². The van der Waals surface area contributed by atoms with Crippen LogP contribution in [0.1, 0.15) is 70.0 Å². The molecule has 5 N–H and O–H groups in total. The predicted molar refractivity (Wildman–Crippen MR) is 143 cm³/mol. The highest BCUT2D eigenvalue weighted by Gasteiger charge is 2.36. The molecule has 1 fully saturated rings. The Balaban J connectivity index is 1.47. The van der Waals surface area contributed by atoms with Crippen molar-refractivity contribution in [3.63, 3.8) is 0 Å². The number of aliphatic hydroxyl groups is 1. The van der Waals surface area contributed by atoms with E-state index in [0.29, 0.717) is 10.9 Å². The maximum Gasteiger partial charge on any atom is 0.372 e. The van der Waals surface area contributed by atoms with Crippen LogP contribution in [0.25, 0.3) is 32.9 Å². The number of H-pyrrole nitrogens is 2. The number of ketones is 1. The number of aromatic hydroxyl groups is 1. The van der Waals surface area contributed by atoms with E-state index >= 15 is 0 Å². The van der Waals surface area contributed by atoms with E-state index < -0.39 is 29.0 Å². The van der Waals surface area contributed by atoms with Gasteiger partial charge in [-0.1, -0.05) is 43.3 Å². The van der Waals surface area contributed by atoms with Gasteiger partial charge in [-0.2, -0.15) is 0 Å². The third-order valence-electron chi connectivity index (χ3n) is 7.52. The van der Waals surface area contributed by atoms with E-state index in [0.717, 1.165) is 53.4 Å². The number of furan rings is 1. The lowest BCUT2D eigenvalue weighted by molar-refractivity contribution is 0.0661. The normalized spacial score (nSPS) is 14.4. The van der Waals surface area contributed by atoms with Crippen molar-refractivity contribution in [1.82, 2.24) is 9.97 Å². The summed E-state index contributed by atoms with van der Waals surface area (Å²) < 4.78 is 5.64. The zero-order valence-electron chi connectivity index (χ0n) is 20.9. The molecule has 3 aromatic heterocycles. The number of hydrogen-bond acceptors (Lipinski definition) is 5. The molecule has 1 unspecified atom stereocenters. The molecule has 1 aliphatic carbocycles. The number of carboxylic acid groups (broad SMARTS) is 1. The van der Waals surface area contributed by atoms with Crippen LogP contribution in [0.5, 0.6) is 5.75 Å². The van der Waals surface area contributed by atoms with E-state index in [-0.39, 0.29) is 29.6 Å². The van der Waals surface area contributed by atoms with Gasteiger partial charge in [0.25, 0.3) is 0 Å². The molecule has 6 rings (SSSR count). The summed E-state index contributed by atoms with van der Waals surface area (Å²) in [4.78, 5) is 32.5. The van der Waals surface area contributed by atoms with Gasteiger partial charge in [-0.3, -0.25) is 4.79 Å². The molecule has 0 aliphatic heterocycles. The minimum atomic E-state index is -1.36. The second kappa shape index (κ2) is 9.22. The van der Waals surface area contributed by atoms with Crippen LogP contribution in [0.15, 0.2) is 53.1 Å². The maximum atomic E-state index is 13.7. The largest absolute Gasteiger partial charge is 0.504 e. The van der Waals surface area contributed by atoms with Gasteiger partial charge in [0.05, 0.1) is 11.1 Å². The third-order valence-corrected chi connectivity index (χ3v) is 7.52. The smallest absolute Gasteiger partial charge is 0.372 e. The molecule has 1 saturated carbocycles. The van der Waals surface area contributed by atoms with Gasteiger partial charge in [-0.05, 0) is 49.1 Å². The Labute approximate surface area is 217 Å². The molecule has 3 heterocycles. The molecule has 0 amide bonds. The number of aromatic carboxylic acids is 1. The van der Waals surface area contributed by atoms with E-state index in [1.165, 1.54) is 0 Å². The van der Waals surface area contributed by atoms with Crippen LogP contribution in [-0.2, 0) is 6.42 Å². The molecule has 1 atom stereocenters. The Kier molecular flexibility index (Phi) is 5.84. The lowest BCUT2D eigenvalue weighted by Crippen LogP contribution is -2.02. The molecule has 0 radical (unpaired) electrons. The minimum Gasteiger partial charge on any atom is -0.504 e. The van der Waals surface area contributed by atoms with Crippen molar-refractivity contribution in [2.75, 3.05) is 6.61 Å². The van der Waals surface area contributed by atoms with E-state index in [1.807, 2.05) is 49.4 Å². The number of carbonyl (C=O) groups is 2. The van der Waals surface area contributed by atoms with Crippen molar-refractivity contribution in [3.8, 4) is 16.9 Å². The van der Waals surface area contributed by atoms with Gasteiger partial charge in [0.15, 0.2) is 5.75 Å². The first-order valence-electron chi connectivity index (χ1n) is 12.8. The van der Waals surface area contributed by atoms with Crippen LogP contribution in [0.4, 0.5) is 0 Å². The number of aromatic nitrogens is 2. The molecule has 1 aliphatic rings. The number of benzene rings is 2. The van der Waals surface area contributed by atoms with Gasteiger partial charge >= 0.3 is 5.97 Å². The molecule has 2 aromatic carbocycles. The quantitative estimate of drug-likeness (QED) is 0.154. The number of aliphatic hydroxyl groups excluding tert-OH is 1. The molecule has 8 heteroatoms. The average molecular weight is 513 g/mol. The molecule has 38 heavy (non-hydrogen) atoms. The van der Waals surface area contributed by atoms with Crippen LogP contribution in [0.2, 0.25) is 0 Å². The Bertz CT molecular complexity index is 1700. The average Bonchev–Trinajstić information content (AvgIpc) is 3.42. The van der Waals surface area contributed by atoms with Crippen molar-refractivity contribution < 1.29 is 29.3 Å². The third kappa shape index (κ3) is 3.88. The predicted octanol–water partition coefficient (Wildman–Crippen LogP) is 5.98. The number of para-hydroxylation sites is 2. The zero-order chi connectivity index (χ0) is 26.6. The van der Waals surface area contributed by atoms with Gasteiger partial charge in [0, 0.05) is 45.9 Å². The second-order valence-electron chi connectivity index (χ2n) is 10.2. The highest BCUT2D eigenvalue weighted by molar-refractivity contribution is 6.18.